The number of aryl methyl sites for hydroxylation is 1. The van der Waals surface area contributed by atoms with Gasteiger partial charge in [-0.2, -0.15) is 0 Å². The summed E-state index contributed by atoms with van der Waals surface area (Å²) in [6.45, 7) is 4.19. The summed E-state index contributed by atoms with van der Waals surface area (Å²) in [7, 11) is 0. The fourth-order valence-electron chi connectivity index (χ4n) is 3.45. The number of aromatic nitrogens is 1. The quantitative estimate of drug-likeness (QED) is 0.812. The molecule has 27 heavy (non-hydrogen) atoms. The van der Waals surface area contributed by atoms with Gasteiger partial charge in [0.25, 0.3) is 5.56 Å². The second-order valence-corrected chi connectivity index (χ2v) is 6.50. The fraction of sp³-hybridized carbons (Fsp3) is 0.400. The Morgan fingerprint density at radius 2 is 2.19 bits per heavy atom. The molecule has 4 rings (SSSR count). The SMILES string of the molecule is CCOC(=O)c1c(O[C@H]2CO[C@@H]3C=CO[C@H]23)c2ccc(CC)cc2[nH]c1=O. The Morgan fingerprint density at radius 1 is 1.33 bits per heavy atom. The lowest BCUT2D eigenvalue weighted by Gasteiger charge is -2.21. The molecule has 0 bridgehead atoms. The van der Waals surface area contributed by atoms with Crippen LogP contribution in [0.4, 0.5) is 0 Å². The third-order valence-electron chi connectivity index (χ3n) is 4.84. The van der Waals surface area contributed by atoms with Gasteiger partial charge in [-0.05, 0) is 37.1 Å². The molecule has 1 aromatic carbocycles. The lowest BCUT2D eigenvalue weighted by atomic mass is 10.1. The van der Waals surface area contributed by atoms with Gasteiger partial charge in [-0.15, -0.1) is 0 Å². The van der Waals surface area contributed by atoms with Crippen molar-refractivity contribution in [2.45, 2.75) is 38.6 Å². The van der Waals surface area contributed by atoms with Crippen molar-refractivity contribution in [2.75, 3.05) is 13.2 Å². The second kappa shape index (κ2) is 7.08. The lowest BCUT2D eigenvalue weighted by Crippen LogP contribution is -2.34. The highest BCUT2D eigenvalue weighted by Gasteiger charge is 2.42. The first-order valence-electron chi connectivity index (χ1n) is 9.08. The number of rotatable bonds is 5. The van der Waals surface area contributed by atoms with Crippen LogP contribution < -0.4 is 10.3 Å². The largest absolute Gasteiger partial charge is 0.491 e. The van der Waals surface area contributed by atoms with Crippen molar-refractivity contribution in [3.63, 3.8) is 0 Å². The molecule has 1 aromatic heterocycles. The summed E-state index contributed by atoms with van der Waals surface area (Å²) >= 11 is 0. The maximum Gasteiger partial charge on any atom is 0.347 e. The van der Waals surface area contributed by atoms with E-state index in [9.17, 15) is 9.59 Å². The van der Waals surface area contributed by atoms with Crippen LogP contribution in [0.3, 0.4) is 0 Å². The van der Waals surface area contributed by atoms with Crippen molar-refractivity contribution in [2.24, 2.45) is 0 Å². The minimum atomic E-state index is -0.712. The van der Waals surface area contributed by atoms with Crippen molar-refractivity contribution in [1.29, 1.82) is 0 Å². The highest BCUT2D eigenvalue weighted by Crippen LogP contribution is 2.33. The topological polar surface area (TPSA) is 86.8 Å². The summed E-state index contributed by atoms with van der Waals surface area (Å²) in [6, 6.07) is 5.69. The maximum absolute atomic E-state index is 12.7. The van der Waals surface area contributed by atoms with Gasteiger partial charge in [-0.3, -0.25) is 4.79 Å². The van der Waals surface area contributed by atoms with Crippen molar-refractivity contribution in [3.8, 4) is 5.75 Å². The van der Waals surface area contributed by atoms with Gasteiger partial charge in [0.2, 0.25) is 0 Å². The van der Waals surface area contributed by atoms with E-state index in [0.29, 0.717) is 17.5 Å². The van der Waals surface area contributed by atoms with Crippen LogP contribution in [0.15, 0.2) is 35.3 Å². The van der Waals surface area contributed by atoms with Gasteiger partial charge in [0.1, 0.15) is 11.9 Å². The zero-order valence-corrected chi connectivity index (χ0v) is 15.2. The molecule has 0 spiro atoms. The Morgan fingerprint density at radius 3 is 2.96 bits per heavy atom. The smallest absolute Gasteiger partial charge is 0.347 e. The van der Waals surface area contributed by atoms with Gasteiger partial charge in [0.05, 0.1) is 25.0 Å². The van der Waals surface area contributed by atoms with Crippen LogP contribution in [0.2, 0.25) is 0 Å². The molecule has 2 aliphatic rings. The van der Waals surface area contributed by atoms with E-state index >= 15 is 0 Å². The van der Waals surface area contributed by atoms with Crippen LogP contribution in [-0.4, -0.2) is 42.5 Å². The lowest BCUT2D eigenvalue weighted by molar-refractivity contribution is 0.0483. The Balaban J connectivity index is 1.82. The highest BCUT2D eigenvalue weighted by atomic mass is 16.6. The molecule has 0 saturated carbocycles. The van der Waals surface area contributed by atoms with Gasteiger partial charge in [-0.1, -0.05) is 13.0 Å². The Hall–Kier alpha value is -2.80. The van der Waals surface area contributed by atoms with Gasteiger partial charge in [0, 0.05) is 5.39 Å². The molecule has 0 amide bonds. The number of benzene rings is 1. The molecule has 0 unspecified atom stereocenters. The normalized spacial score (nSPS) is 23.3. The number of nitrogens with one attached hydrogen (secondary N) is 1. The first kappa shape index (κ1) is 17.6. The number of carbonyl (C=O) groups is 1. The van der Waals surface area contributed by atoms with Crippen molar-refractivity contribution >= 4 is 16.9 Å². The van der Waals surface area contributed by atoms with E-state index in [1.54, 1.807) is 13.2 Å². The summed E-state index contributed by atoms with van der Waals surface area (Å²) in [5.74, 6) is -0.504. The number of H-pyrrole nitrogens is 1. The van der Waals surface area contributed by atoms with E-state index in [1.807, 2.05) is 31.2 Å². The predicted molar refractivity (Wildman–Crippen MR) is 98.1 cm³/mol. The van der Waals surface area contributed by atoms with E-state index in [-0.39, 0.29) is 30.1 Å². The van der Waals surface area contributed by atoms with E-state index in [2.05, 4.69) is 4.98 Å². The Bertz CT molecular complexity index is 963. The molecule has 0 radical (unpaired) electrons. The number of carbonyl (C=O) groups excluding carboxylic acids is 1. The van der Waals surface area contributed by atoms with E-state index < -0.39 is 17.6 Å². The molecule has 1 N–H and O–H groups in total. The number of hydrogen-bond acceptors (Lipinski definition) is 6. The maximum atomic E-state index is 12.7. The van der Waals surface area contributed by atoms with Crippen LogP contribution in [0, 0.1) is 0 Å². The molecule has 7 heteroatoms. The number of aromatic amines is 1. The van der Waals surface area contributed by atoms with Crippen molar-refractivity contribution in [1.82, 2.24) is 4.98 Å². The summed E-state index contributed by atoms with van der Waals surface area (Å²) in [4.78, 5) is 27.9. The summed E-state index contributed by atoms with van der Waals surface area (Å²) in [5.41, 5.74) is 1.01. The number of esters is 1. The van der Waals surface area contributed by atoms with E-state index in [1.165, 1.54) is 0 Å². The third kappa shape index (κ3) is 3.08. The molecule has 2 aromatic rings. The minimum absolute atomic E-state index is 0.136. The predicted octanol–water partition coefficient (Wildman–Crippen LogP) is 2.33. The summed E-state index contributed by atoms with van der Waals surface area (Å²) in [6.07, 6.45) is 3.32. The zero-order chi connectivity index (χ0) is 19.0. The van der Waals surface area contributed by atoms with Gasteiger partial charge < -0.3 is 23.9 Å². The first-order valence-corrected chi connectivity index (χ1v) is 9.08. The summed E-state index contributed by atoms with van der Waals surface area (Å²) < 4.78 is 22.4. The molecule has 3 heterocycles. The first-order chi connectivity index (χ1) is 13.1. The Labute approximate surface area is 155 Å². The molecular formula is C20H21NO6. The molecule has 142 valence electrons. The zero-order valence-electron chi connectivity index (χ0n) is 15.2. The molecule has 3 atom stereocenters. The molecule has 1 saturated heterocycles. The molecular weight excluding hydrogens is 350 g/mol. The van der Waals surface area contributed by atoms with Crippen molar-refractivity contribution < 1.29 is 23.7 Å². The van der Waals surface area contributed by atoms with Gasteiger partial charge >= 0.3 is 5.97 Å². The van der Waals surface area contributed by atoms with Crippen LogP contribution in [0.1, 0.15) is 29.8 Å². The van der Waals surface area contributed by atoms with Gasteiger partial charge in [0.15, 0.2) is 17.8 Å². The van der Waals surface area contributed by atoms with Crippen LogP contribution in [-0.2, 0) is 20.6 Å². The standard InChI is InChI=1S/C20H21NO6/c1-3-11-5-6-12-13(9-11)21-19(22)16(20(23)24-4-2)17(12)27-15-10-26-14-7-8-25-18(14)15/h5-9,14-15,18H,3-4,10H2,1-2H3,(H,21,22)/t14-,15+,18+/m1/s1. The number of hydrogen-bond donors (Lipinski definition) is 1. The molecule has 0 aliphatic carbocycles. The third-order valence-corrected chi connectivity index (χ3v) is 4.84. The van der Waals surface area contributed by atoms with Gasteiger partial charge in [-0.25, -0.2) is 4.79 Å². The number of pyridine rings is 1. The van der Waals surface area contributed by atoms with Crippen LogP contribution >= 0.6 is 0 Å². The van der Waals surface area contributed by atoms with Crippen molar-refractivity contribution in [3.05, 3.63) is 52.0 Å². The van der Waals surface area contributed by atoms with E-state index in [4.69, 9.17) is 18.9 Å². The van der Waals surface area contributed by atoms with Crippen LogP contribution in [0.25, 0.3) is 10.9 Å². The number of fused-ring (bicyclic) bond motifs is 2. The molecule has 7 nitrogen and oxygen atoms in total. The fourth-order valence-corrected chi connectivity index (χ4v) is 3.45. The molecule has 2 aliphatic heterocycles. The monoisotopic (exact) mass is 371 g/mol. The molecule has 1 fully saturated rings. The average Bonchev–Trinajstić information content (AvgIpc) is 3.26. The van der Waals surface area contributed by atoms with Crippen LogP contribution in [0.5, 0.6) is 5.75 Å². The Kier molecular flexibility index (Phi) is 4.61. The number of ether oxygens (including phenoxy) is 4. The highest BCUT2D eigenvalue weighted by molar-refractivity contribution is 5.99. The minimum Gasteiger partial charge on any atom is -0.491 e. The van der Waals surface area contributed by atoms with E-state index in [0.717, 1.165) is 12.0 Å². The summed E-state index contributed by atoms with van der Waals surface area (Å²) in [5, 5.41) is 0.643. The second-order valence-electron chi connectivity index (χ2n) is 6.50. The average molecular weight is 371 g/mol.